The molecule has 0 atom stereocenters. The number of nitrogens with one attached hydrogen (secondary N) is 1. The molecule has 0 saturated heterocycles. The van der Waals surface area contributed by atoms with Gasteiger partial charge in [0, 0.05) is 27.7 Å². The largest absolute Gasteiger partial charge is 0.497 e. The van der Waals surface area contributed by atoms with Gasteiger partial charge in [0.2, 0.25) is 0 Å². The Labute approximate surface area is 160 Å². The van der Waals surface area contributed by atoms with Crippen LogP contribution in [0.1, 0.15) is 21.6 Å². The number of anilines is 1. The average molecular weight is 386 g/mol. The molecule has 0 bridgehead atoms. The van der Waals surface area contributed by atoms with Crippen molar-refractivity contribution in [3.63, 3.8) is 0 Å². The van der Waals surface area contributed by atoms with E-state index in [1.54, 1.807) is 47.8 Å². The lowest BCUT2D eigenvalue weighted by molar-refractivity contribution is 0.102. The third kappa shape index (κ3) is 3.18. The van der Waals surface area contributed by atoms with Gasteiger partial charge in [0.05, 0.1) is 18.5 Å². The van der Waals surface area contributed by atoms with Crippen LogP contribution in [0.5, 0.6) is 5.75 Å². The monoisotopic (exact) mass is 385 g/mol. The smallest absolute Gasteiger partial charge is 0.256 e. The summed E-state index contributed by atoms with van der Waals surface area (Å²) in [6, 6.07) is 14.4. The summed E-state index contributed by atoms with van der Waals surface area (Å²) in [6.07, 6.45) is 0. The third-order valence-electron chi connectivity index (χ3n) is 4.21. The van der Waals surface area contributed by atoms with Crippen molar-refractivity contribution in [2.45, 2.75) is 11.5 Å². The first kappa shape index (κ1) is 17.0. The number of nitrogens with zero attached hydrogens (tertiary/aromatic N) is 2. The predicted octanol–water partition coefficient (Wildman–Crippen LogP) is 4.53. The van der Waals surface area contributed by atoms with Crippen molar-refractivity contribution in [3.8, 4) is 11.4 Å². The number of benzene rings is 2. The summed E-state index contributed by atoms with van der Waals surface area (Å²) in [5, 5.41) is 8.32. The highest BCUT2D eigenvalue weighted by Crippen LogP contribution is 2.36. The zero-order valence-corrected chi connectivity index (χ0v) is 15.6. The van der Waals surface area contributed by atoms with Gasteiger partial charge in [-0.2, -0.15) is 16.9 Å². The number of amides is 1. The highest BCUT2D eigenvalue weighted by Gasteiger charge is 2.25. The lowest BCUT2D eigenvalue weighted by Gasteiger charge is -2.11. The number of halogens is 1. The second kappa shape index (κ2) is 7.05. The molecule has 1 amide bonds. The van der Waals surface area contributed by atoms with Crippen LogP contribution in [0.15, 0.2) is 48.5 Å². The first-order chi connectivity index (χ1) is 12.7. The van der Waals surface area contributed by atoms with E-state index in [0.29, 0.717) is 10.6 Å². The van der Waals surface area contributed by atoms with Crippen LogP contribution in [0.2, 0.25) is 5.02 Å². The summed E-state index contributed by atoms with van der Waals surface area (Å²) in [7, 11) is 1.63. The van der Waals surface area contributed by atoms with E-state index < -0.39 is 0 Å². The predicted molar refractivity (Wildman–Crippen MR) is 105 cm³/mol. The number of methoxy groups -OCH3 is 1. The number of aromatic nitrogens is 2. The molecule has 0 fully saturated rings. The van der Waals surface area contributed by atoms with E-state index >= 15 is 0 Å². The topological polar surface area (TPSA) is 56.1 Å². The van der Waals surface area contributed by atoms with E-state index in [2.05, 4.69) is 5.32 Å². The Morgan fingerprint density at radius 3 is 2.58 bits per heavy atom. The molecule has 1 aliphatic heterocycles. The van der Waals surface area contributed by atoms with E-state index in [9.17, 15) is 4.79 Å². The second-order valence-electron chi connectivity index (χ2n) is 5.84. The Hall–Kier alpha value is -2.44. The zero-order chi connectivity index (χ0) is 18.1. The van der Waals surface area contributed by atoms with E-state index in [1.807, 2.05) is 24.3 Å². The lowest BCUT2D eigenvalue weighted by atomic mass is 10.2. The fraction of sp³-hybridized carbons (Fsp3) is 0.158. The van der Waals surface area contributed by atoms with E-state index in [1.165, 1.54) is 0 Å². The Morgan fingerprint density at radius 1 is 1.15 bits per heavy atom. The van der Waals surface area contributed by atoms with Crippen molar-refractivity contribution in [1.82, 2.24) is 9.78 Å². The Morgan fingerprint density at radius 2 is 1.88 bits per heavy atom. The lowest BCUT2D eigenvalue weighted by Crippen LogP contribution is -2.16. The summed E-state index contributed by atoms with van der Waals surface area (Å²) in [4.78, 5) is 12.7. The molecule has 0 radical (unpaired) electrons. The third-order valence-corrected chi connectivity index (χ3v) is 5.43. The fourth-order valence-electron chi connectivity index (χ4n) is 2.83. The van der Waals surface area contributed by atoms with Crippen LogP contribution in [0.4, 0.5) is 5.82 Å². The Kier molecular flexibility index (Phi) is 4.61. The van der Waals surface area contributed by atoms with Crippen molar-refractivity contribution >= 4 is 35.1 Å². The summed E-state index contributed by atoms with van der Waals surface area (Å²) in [5.74, 6) is 2.99. The highest BCUT2D eigenvalue weighted by molar-refractivity contribution is 7.98. The molecule has 5 nitrogen and oxygen atoms in total. The number of fused-ring (bicyclic) bond motifs is 1. The quantitative estimate of drug-likeness (QED) is 0.716. The average Bonchev–Trinajstić information content (AvgIpc) is 3.25. The Balaban J connectivity index is 1.70. The van der Waals surface area contributed by atoms with Crippen LogP contribution in [-0.4, -0.2) is 22.8 Å². The maximum absolute atomic E-state index is 12.7. The molecule has 26 heavy (non-hydrogen) atoms. The second-order valence-corrected chi connectivity index (χ2v) is 7.26. The molecule has 0 saturated carbocycles. The summed E-state index contributed by atoms with van der Waals surface area (Å²) in [5.41, 5.74) is 3.51. The minimum atomic E-state index is -0.184. The number of carbonyl (C=O) groups is 1. The van der Waals surface area contributed by atoms with Gasteiger partial charge in [-0.15, -0.1) is 0 Å². The number of ether oxygens (including phenoxy) is 1. The van der Waals surface area contributed by atoms with Crippen LogP contribution in [0.25, 0.3) is 5.69 Å². The molecule has 2 heterocycles. The molecule has 0 aliphatic carbocycles. The molecule has 132 valence electrons. The minimum Gasteiger partial charge on any atom is -0.497 e. The van der Waals surface area contributed by atoms with Gasteiger partial charge >= 0.3 is 0 Å². The van der Waals surface area contributed by atoms with E-state index in [-0.39, 0.29) is 5.91 Å². The summed E-state index contributed by atoms with van der Waals surface area (Å²) in [6.45, 7) is 0. The molecule has 1 aromatic heterocycles. The van der Waals surface area contributed by atoms with Crippen LogP contribution < -0.4 is 10.1 Å². The van der Waals surface area contributed by atoms with Gasteiger partial charge in [-0.25, -0.2) is 4.68 Å². The van der Waals surface area contributed by atoms with Gasteiger partial charge in [-0.1, -0.05) is 11.6 Å². The molecule has 2 aromatic carbocycles. The van der Waals surface area contributed by atoms with Crippen LogP contribution in [0, 0.1) is 0 Å². The number of thioether (sulfide) groups is 1. The fourth-order valence-corrected chi connectivity index (χ4v) is 3.99. The van der Waals surface area contributed by atoms with E-state index in [0.717, 1.165) is 40.0 Å². The molecular weight excluding hydrogens is 370 g/mol. The van der Waals surface area contributed by atoms with E-state index in [4.69, 9.17) is 21.4 Å². The van der Waals surface area contributed by atoms with Gasteiger partial charge < -0.3 is 10.1 Å². The Bertz CT molecular complexity index is 952. The first-order valence-corrected chi connectivity index (χ1v) is 9.59. The van der Waals surface area contributed by atoms with Crippen molar-refractivity contribution in [2.75, 3.05) is 12.4 Å². The van der Waals surface area contributed by atoms with Crippen molar-refractivity contribution in [2.24, 2.45) is 0 Å². The molecule has 3 aromatic rings. The first-order valence-electron chi connectivity index (χ1n) is 8.05. The normalized spacial score (nSPS) is 12.7. The highest BCUT2D eigenvalue weighted by atomic mass is 35.5. The van der Waals surface area contributed by atoms with Crippen LogP contribution >= 0.6 is 23.4 Å². The van der Waals surface area contributed by atoms with Gasteiger partial charge in [-0.3, -0.25) is 4.79 Å². The van der Waals surface area contributed by atoms with Gasteiger partial charge in [0.1, 0.15) is 11.6 Å². The molecule has 1 N–H and O–H groups in total. The van der Waals surface area contributed by atoms with Crippen LogP contribution in [0.3, 0.4) is 0 Å². The van der Waals surface area contributed by atoms with Crippen molar-refractivity contribution in [1.29, 1.82) is 0 Å². The maximum Gasteiger partial charge on any atom is 0.256 e. The van der Waals surface area contributed by atoms with Crippen LogP contribution in [-0.2, 0) is 11.5 Å². The van der Waals surface area contributed by atoms with Gasteiger partial charge in [-0.05, 0) is 48.5 Å². The SMILES string of the molecule is COc1ccc(-n2nc3c(c2NC(=O)c2ccc(Cl)cc2)CSC3)cc1. The van der Waals surface area contributed by atoms with Gasteiger partial charge in [0.15, 0.2) is 0 Å². The molecule has 0 spiro atoms. The number of hydrogen-bond donors (Lipinski definition) is 1. The summed E-state index contributed by atoms with van der Waals surface area (Å²) >= 11 is 7.70. The molecule has 7 heteroatoms. The van der Waals surface area contributed by atoms with Gasteiger partial charge in [0.25, 0.3) is 5.91 Å². The number of carbonyl (C=O) groups excluding carboxylic acids is 1. The molecule has 1 aliphatic rings. The summed E-state index contributed by atoms with van der Waals surface area (Å²) < 4.78 is 7.00. The molecular formula is C19H16ClN3O2S. The van der Waals surface area contributed by atoms with Crippen molar-refractivity contribution < 1.29 is 9.53 Å². The molecule has 0 unspecified atom stereocenters. The minimum absolute atomic E-state index is 0.184. The molecule has 4 rings (SSSR count). The van der Waals surface area contributed by atoms with Crippen molar-refractivity contribution in [3.05, 3.63) is 70.4 Å². The zero-order valence-electron chi connectivity index (χ0n) is 14.0. The standard InChI is InChI=1S/C19H16ClN3O2S/c1-25-15-8-6-14(7-9-15)23-18(16-10-26-11-17(16)22-23)21-19(24)12-2-4-13(20)5-3-12/h2-9H,10-11H2,1H3,(H,21,24). The number of hydrogen-bond acceptors (Lipinski definition) is 4. The maximum atomic E-state index is 12.7. The number of rotatable bonds is 4.